The van der Waals surface area contributed by atoms with Gasteiger partial charge in [-0.25, -0.2) is 0 Å². The molecule has 0 aliphatic carbocycles. The molecule has 86 valence electrons. The molecule has 7 heteroatoms. The fourth-order valence-corrected chi connectivity index (χ4v) is 2.24. The molecule has 0 saturated carbocycles. The number of aromatic nitrogens is 4. The summed E-state index contributed by atoms with van der Waals surface area (Å²) in [6.45, 7) is 6.40. The van der Waals surface area contributed by atoms with E-state index in [-0.39, 0.29) is 0 Å². The summed E-state index contributed by atoms with van der Waals surface area (Å²) in [5.41, 5.74) is 7.43. The van der Waals surface area contributed by atoms with E-state index < -0.39 is 0 Å². The first-order chi connectivity index (χ1) is 7.61. The molecule has 0 aliphatic heterocycles. The Hall–Kier alpha value is -1.50. The van der Waals surface area contributed by atoms with E-state index in [9.17, 15) is 0 Å². The number of anilines is 1. The first kappa shape index (κ1) is 11.0. The SMILES string of the molecule is CCn1nc(C)c(N)c1Sc1nnc(C)o1. The Balaban J connectivity index is 2.33. The Kier molecular flexibility index (Phi) is 2.86. The van der Waals surface area contributed by atoms with Crippen LogP contribution < -0.4 is 5.73 Å². The highest BCUT2D eigenvalue weighted by Gasteiger charge is 2.15. The lowest BCUT2D eigenvalue weighted by Gasteiger charge is -2.01. The second kappa shape index (κ2) is 4.17. The molecular weight excluding hydrogens is 226 g/mol. The van der Waals surface area contributed by atoms with Gasteiger partial charge < -0.3 is 10.2 Å². The normalized spacial score (nSPS) is 10.9. The monoisotopic (exact) mass is 239 g/mol. The third-order valence-electron chi connectivity index (χ3n) is 2.12. The average molecular weight is 239 g/mol. The van der Waals surface area contributed by atoms with Crippen LogP contribution in [0, 0.1) is 13.8 Å². The van der Waals surface area contributed by atoms with Crippen LogP contribution in [0.25, 0.3) is 0 Å². The van der Waals surface area contributed by atoms with Crippen molar-refractivity contribution in [1.82, 2.24) is 20.0 Å². The largest absolute Gasteiger partial charge is 0.416 e. The second-order valence-electron chi connectivity index (χ2n) is 3.31. The van der Waals surface area contributed by atoms with Crippen LogP contribution in [0.3, 0.4) is 0 Å². The summed E-state index contributed by atoms with van der Waals surface area (Å²) in [4.78, 5) is 0. The third-order valence-corrected chi connectivity index (χ3v) is 3.08. The van der Waals surface area contributed by atoms with E-state index in [1.807, 2.05) is 18.5 Å². The van der Waals surface area contributed by atoms with E-state index in [1.165, 1.54) is 11.8 Å². The smallest absolute Gasteiger partial charge is 0.282 e. The lowest BCUT2D eigenvalue weighted by molar-refractivity contribution is 0.428. The van der Waals surface area contributed by atoms with Gasteiger partial charge in [-0.3, -0.25) is 4.68 Å². The van der Waals surface area contributed by atoms with Gasteiger partial charge in [0, 0.05) is 13.5 Å². The van der Waals surface area contributed by atoms with E-state index in [1.54, 1.807) is 6.92 Å². The molecule has 0 fully saturated rings. The van der Waals surface area contributed by atoms with Gasteiger partial charge in [0.2, 0.25) is 5.89 Å². The minimum atomic E-state index is 0.485. The zero-order chi connectivity index (χ0) is 11.7. The van der Waals surface area contributed by atoms with Gasteiger partial charge >= 0.3 is 0 Å². The highest BCUT2D eigenvalue weighted by molar-refractivity contribution is 7.99. The van der Waals surface area contributed by atoms with Gasteiger partial charge in [-0.1, -0.05) is 0 Å². The van der Waals surface area contributed by atoms with Crippen molar-refractivity contribution >= 4 is 17.4 Å². The highest BCUT2D eigenvalue weighted by Crippen LogP contribution is 2.32. The quantitative estimate of drug-likeness (QED) is 0.876. The van der Waals surface area contributed by atoms with Crippen molar-refractivity contribution in [1.29, 1.82) is 0 Å². The first-order valence-corrected chi connectivity index (χ1v) is 5.74. The average Bonchev–Trinajstić information content (AvgIpc) is 2.77. The van der Waals surface area contributed by atoms with Crippen molar-refractivity contribution in [3.05, 3.63) is 11.6 Å². The number of nitrogens with two attached hydrogens (primary N) is 1. The maximum absolute atomic E-state index is 5.94. The molecule has 0 aromatic carbocycles. The Morgan fingerprint density at radius 2 is 2.12 bits per heavy atom. The van der Waals surface area contributed by atoms with Crippen molar-refractivity contribution in [2.75, 3.05) is 5.73 Å². The van der Waals surface area contributed by atoms with E-state index in [2.05, 4.69) is 15.3 Å². The zero-order valence-corrected chi connectivity index (χ0v) is 10.2. The van der Waals surface area contributed by atoms with Crippen LogP contribution in [0.1, 0.15) is 18.5 Å². The second-order valence-corrected chi connectivity index (χ2v) is 4.25. The van der Waals surface area contributed by atoms with Crippen molar-refractivity contribution in [3.8, 4) is 0 Å². The van der Waals surface area contributed by atoms with Gasteiger partial charge in [0.25, 0.3) is 5.22 Å². The Labute approximate surface area is 97.2 Å². The molecule has 2 aromatic heterocycles. The lowest BCUT2D eigenvalue weighted by atomic mass is 10.4. The Morgan fingerprint density at radius 1 is 1.38 bits per heavy atom. The van der Waals surface area contributed by atoms with Gasteiger partial charge in [0.1, 0.15) is 5.03 Å². The molecule has 0 atom stereocenters. The van der Waals surface area contributed by atoms with E-state index in [0.29, 0.717) is 16.8 Å². The molecule has 0 bridgehead atoms. The minimum absolute atomic E-state index is 0.485. The molecule has 0 amide bonds. The standard InChI is InChI=1S/C9H13N5OS/c1-4-14-8(7(10)5(2)13-14)16-9-12-11-6(3)15-9/h4,10H2,1-3H3. The number of aryl methyl sites for hydroxylation is 3. The molecule has 0 aliphatic rings. The van der Waals surface area contributed by atoms with Gasteiger partial charge in [0.05, 0.1) is 11.4 Å². The van der Waals surface area contributed by atoms with Crippen LogP contribution >= 0.6 is 11.8 Å². The molecule has 0 spiro atoms. The van der Waals surface area contributed by atoms with E-state index in [0.717, 1.165) is 17.3 Å². The summed E-state index contributed by atoms with van der Waals surface area (Å²) in [7, 11) is 0. The molecule has 2 N–H and O–H groups in total. The van der Waals surface area contributed by atoms with E-state index >= 15 is 0 Å². The lowest BCUT2D eigenvalue weighted by Crippen LogP contribution is -1.98. The van der Waals surface area contributed by atoms with Gasteiger partial charge in [-0.2, -0.15) is 5.10 Å². The molecule has 6 nitrogen and oxygen atoms in total. The molecule has 16 heavy (non-hydrogen) atoms. The fraction of sp³-hybridized carbons (Fsp3) is 0.444. The summed E-state index contributed by atoms with van der Waals surface area (Å²) >= 11 is 1.34. The van der Waals surface area contributed by atoms with Crippen LogP contribution in [-0.4, -0.2) is 20.0 Å². The van der Waals surface area contributed by atoms with Crippen molar-refractivity contribution in [2.45, 2.75) is 37.6 Å². The summed E-state index contributed by atoms with van der Waals surface area (Å²) in [6.07, 6.45) is 0. The molecule has 2 heterocycles. The Bertz CT molecular complexity index is 504. The fourth-order valence-electron chi connectivity index (χ4n) is 1.30. The van der Waals surface area contributed by atoms with Gasteiger partial charge in [-0.15, -0.1) is 10.2 Å². The summed E-state index contributed by atoms with van der Waals surface area (Å²) in [5.74, 6) is 0.542. The predicted molar refractivity (Wildman–Crippen MR) is 60.2 cm³/mol. The number of rotatable bonds is 3. The number of nitrogens with zero attached hydrogens (tertiary/aromatic N) is 4. The van der Waals surface area contributed by atoms with E-state index in [4.69, 9.17) is 10.2 Å². The van der Waals surface area contributed by atoms with Gasteiger partial charge in [-0.05, 0) is 25.6 Å². The van der Waals surface area contributed by atoms with Crippen LogP contribution in [0.4, 0.5) is 5.69 Å². The number of hydrogen-bond acceptors (Lipinski definition) is 6. The maximum Gasteiger partial charge on any atom is 0.282 e. The van der Waals surface area contributed by atoms with Crippen molar-refractivity contribution < 1.29 is 4.42 Å². The molecule has 0 unspecified atom stereocenters. The first-order valence-electron chi connectivity index (χ1n) is 4.92. The molecule has 0 saturated heterocycles. The number of hydrogen-bond donors (Lipinski definition) is 1. The predicted octanol–water partition coefficient (Wildman–Crippen LogP) is 1.64. The van der Waals surface area contributed by atoms with Gasteiger partial charge in [0.15, 0.2) is 0 Å². The van der Waals surface area contributed by atoms with Crippen LogP contribution in [-0.2, 0) is 6.54 Å². The Morgan fingerprint density at radius 3 is 2.69 bits per heavy atom. The molecule has 2 rings (SSSR count). The summed E-state index contributed by atoms with van der Waals surface area (Å²) in [6, 6.07) is 0. The van der Waals surface area contributed by atoms with Crippen molar-refractivity contribution in [3.63, 3.8) is 0 Å². The molecule has 0 radical (unpaired) electrons. The highest BCUT2D eigenvalue weighted by atomic mass is 32.2. The van der Waals surface area contributed by atoms with Crippen LogP contribution in [0.15, 0.2) is 14.7 Å². The van der Waals surface area contributed by atoms with Crippen molar-refractivity contribution in [2.24, 2.45) is 0 Å². The number of nitrogen functional groups attached to an aromatic ring is 1. The third kappa shape index (κ3) is 1.90. The maximum atomic E-state index is 5.94. The minimum Gasteiger partial charge on any atom is -0.416 e. The molecular formula is C9H13N5OS. The van der Waals surface area contributed by atoms with Crippen LogP contribution in [0.2, 0.25) is 0 Å². The van der Waals surface area contributed by atoms with Crippen LogP contribution in [0.5, 0.6) is 0 Å². The zero-order valence-electron chi connectivity index (χ0n) is 9.39. The molecule has 2 aromatic rings. The summed E-state index contributed by atoms with van der Waals surface area (Å²) < 4.78 is 7.12. The summed E-state index contributed by atoms with van der Waals surface area (Å²) in [5, 5.41) is 13.3. The topological polar surface area (TPSA) is 82.8 Å².